The van der Waals surface area contributed by atoms with Crippen LogP contribution in [0.1, 0.15) is 0 Å². The largest absolute Gasteiger partial charge is 0.310 e. The summed E-state index contributed by atoms with van der Waals surface area (Å²) >= 11 is 0. The van der Waals surface area contributed by atoms with E-state index < -0.39 is 0 Å². The van der Waals surface area contributed by atoms with E-state index in [-0.39, 0.29) is 0 Å². The Morgan fingerprint density at radius 1 is 0.200 bits per heavy atom. The number of benzene rings is 11. The van der Waals surface area contributed by atoms with Gasteiger partial charge in [-0.15, -0.1) is 0 Å². The summed E-state index contributed by atoms with van der Waals surface area (Å²) < 4.78 is 0. The minimum atomic E-state index is 1.08. The smallest absolute Gasteiger partial charge is 0.0561 e. The zero-order chi connectivity index (χ0) is 39.8. The van der Waals surface area contributed by atoms with Crippen molar-refractivity contribution in [1.82, 2.24) is 0 Å². The summed E-state index contributed by atoms with van der Waals surface area (Å²) in [6.45, 7) is 0. The molecule has 0 heterocycles. The molecule has 0 aliphatic rings. The Balaban J connectivity index is 1.09. The highest BCUT2D eigenvalue weighted by Crippen LogP contribution is 2.46. The van der Waals surface area contributed by atoms with E-state index in [2.05, 4.69) is 252 Å². The number of nitrogens with zero attached hydrogens (tertiary/aromatic N) is 2. The number of hydrogen-bond acceptors (Lipinski definition) is 2. The third-order valence-corrected chi connectivity index (χ3v) is 11.8. The molecular formula is C58H40N2. The van der Waals surface area contributed by atoms with Gasteiger partial charge in [0.1, 0.15) is 0 Å². The number of anilines is 6. The summed E-state index contributed by atoms with van der Waals surface area (Å²) in [5.74, 6) is 0. The molecule has 0 aromatic heterocycles. The number of hydrogen-bond donors (Lipinski definition) is 0. The summed E-state index contributed by atoms with van der Waals surface area (Å²) in [7, 11) is 0. The molecule has 282 valence electrons. The molecule has 2 nitrogen and oxygen atoms in total. The Hall–Kier alpha value is -7.94. The standard InChI is InChI=1S/C58H40N2/c1-3-18-50(19-4-1)59(52-32-27-43(28-33-52)48-25-23-41-13-7-9-16-46(41)37-48)54-39-57-55-22-12-11-15-45(55)31-36-56(57)58(40-54)60(51-20-5-2-6-21-51)53-34-29-44(30-35-53)49-26-24-42-14-8-10-17-47(42)38-49/h1-40H. The summed E-state index contributed by atoms with van der Waals surface area (Å²) in [6.07, 6.45) is 0. The molecule has 0 fully saturated rings. The zero-order valence-electron chi connectivity index (χ0n) is 33.0. The SMILES string of the molecule is c1ccc(N(c2ccc(-c3ccc4ccccc4c3)cc2)c2cc(N(c3ccccc3)c3ccc(-c4ccc5ccccc5c4)cc3)c3ccc4ccccc4c3c2)cc1. The van der Waals surface area contributed by atoms with Crippen LogP contribution < -0.4 is 9.80 Å². The molecule has 11 aromatic rings. The summed E-state index contributed by atoms with van der Waals surface area (Å²) in [5.41, 5.74) is 11.3. The molecule has 0 saturated heterocycles. The maximum Gasteiger partial charge on any atom is 0.0561 e. The van der Waals surface area contributed by atoms with Crippen LogP contribution in [-0.4, -0.2) is 0 Å². The normalized spacial score (nSPS) is 11.3. The van der Waals surface area contributed by atoms with Crippen LogP contribution in [-0.2, 0) is 0 Å². The van der Waals surface area contributed by atoms with Crippen molar-refractivity contribution in [1.29, 1.82) is 0 Å². The van der Waals surface area contributed by atoms with Crippen molar-refractivity contribution < 1.29 is 0 Å². The maximum atomic E-state index is 2.41. The summed E-state index contributed by atoms with van der Waals surface area (Å²) in [4.78, 5) is 4.80. The van der Waals surface area contributed by atoms with Crippen LogP contribution in [0.3, 0.4) is 0 Å². The van der Waals surface area contributed by atoms with Crippen molar-refractivity contribution >= 4 is 77.2 Å². The van der Waals surface area contributed by atoms with E-state index >= 15 is 0 Å². The Morgan fingerprint density at radius 3 is 1.18 bits per heavy atom. The van der Waals surface area contributed by atoms with E-state index in [1.54, 1.807) is 0 Å². The van der Waals surface area contributed by atoms with Gasteiger partial charge in [0.15, 0.2) is 0 Å². The van der Waals surface area contributed by atoms with Crippen LogP contribution in [0.15, 0.2) is 243 Å². The van der Waals surface area contributed by atoms with Gasteiger partial charge in [-0.25, -0.2) is 0 Å². The highest BCUT2D eigenvalue weighted by molar-refractivity contribution is 6.14. The molecule has 0 N–H and O–H groups in total. The fraction of sp³-hybridized carbons (Fsp3) is 0. The lowest BCUT2D eigenvalue weighted by Crippen LogP contribution is -2.14. The van der Waals surface area contributed by atoms with Crippen LogP contribution in [0, 0.1) is 0 Å². The van der Waals surface area contributed by atoms with E-state index in [0.717, 1.165) is 34.1 Å². The minimum absolute atomic E-state index is 1.08. The van der Waals surface area contributed by atoms with E-state index in [4.69, 9.17) is 0 Å². The molecule has 0 atom stereocenters. The first-order chi connectivity index (χ1) is 29.7. The molecule has 0 unspecified atom stereocenters. The molecule has 0 saturated carbocycles. The molecule has 0 aliphatic carbocycles. The average Bonchev–Trinajstić information content (AvgIpc) is 3.32. The lowest BCUT2D eigenvalue weighted by molar-refractivity contribution is 1.26. The Labute approximate surface area is 350 Å². The molecule has 2 heteroatoms. The molecular weight excluding hydrogens is 725 g/mol. The maximum absolute atomic E-state index is 2.41. The van der Waals surface area contributed by atoms with Crippen molar-refractivity contribution in [3.05, 3.63) is 243 Å². The highest BCUT2D eigenvalue weighted by Gasteiger charge is 2.21. The number of fused-ring (bicyclic) bond motifs is 5. The van der Waals surface area contributed by atoms with E-state index in [1.807, 2.05) is 0 Å². The second-order valence-electron chi connectivity index (χ2n) is 15.4. The van der Waals surface area contributed by atoms with Crippen LogP contribution >= 0.6 is 0 Å². The third kappa shape index (κ3) is 6.51. The molecule has 11 rings (SSSR count). The van der Waals surface area contributed by atoms with Crippen LogP contribution in [0.5, 0.6) is 0 Å². The van der Waals surface area contributed by atoms with Gasteiger partial charge < -0.3 is 9.80 Å². The second kappa shape index (κ2) is 15.1. The van der Waals surface area contributed by atoms with E-state index in [0.29, 0.717) is 0 Å². The molecule has 0 radical (unpaired) electrons. The summed E-state index contributed by atoms with van der Waals surface area (Å²) in [5, 5.41) is 9.79. The Bertz CT molecular complexity index is 3300. The number of para-hydroxylation sites is 2. The summed E-state index contributed by atoms with van der Waals surface area (Å²) in [6, 6.07) is 88.1. The lowest BCUT2D eigenvalue weighted by atomic mass is 9.97. The first kappa shape index (κ1) is 35.2. The van der Waals surface area contributed by atoms with E-state index in [1.165, 1.54) is 65.3 Å². The van der Waals surface area contributed by atoms with Crippen LogP contribution in [0.25, 0.3) is 65.3 Å². The van der Waals surface area contributed by atoms with Crippen molar-refractivity contribution in [2.45, 2.75) is 0 Å². The van der Waals surface area contributed by atoms with Crippen molar-refractivity contribution in [3.8, 4) is 22.3 Å². The predicted molar refractivity (Wildman–Crippen MR) is 257 cm³/mol. The molecule has 0 amide bonds. The van der Waals surface area contributed by atoms with Gasteiger partial charge in [-0.05, 0) is 133 Å². The predicted octanol–water partition coefficient (Wildman–Crippen LogP) is 16.6. The molecule has 60 heavy (non-hydrogen) atoms. The van der Waals surface area contributed by atoms with Gasteiger partial charge in [-0.2, -0.15) is 0 Å². The van der Waals surface area contributed by atoms with Gasteiger partial charge in [0, 0.05) is 33.8 Å². The van der Waals surface area contributed by atoms with Gasteiger partial charge >= 0.3 is 0 Å². The molecule has 11 aromatic carbocycles. The zero-order valence-corrected chi connectivity index (χ0v) is 33.0. The first-order valence-corrected chi connectivity index (χ1v) is 20.6. The molecule has 0 bridgehead atoms. The second-order valence-corrected chi connectivity index (χ2v) is 15.4. The molecule has 0 aliphatic heterocycles. The van der Waals surface area contributed by atoms with Crippen LogP contribution in [0.2, 0.25) is 0 Å². The van der Waals surface area contributed by atoms with Gasteiger partial charge in [0.05, 0.1) is 5.69 Å². The third-order valence-electron chi connectivity index (χ3n) is 11.8. The van der Waals surface area contributed by atoms with Crippen molar-refractivity contribution in [2.75, 3.05) is 9.80 Å². The van der Waals surface area contributed by atoms with Gasteiger partial charge in [-0.1, -0.05) is 170 Å². The monoisotopic (exact) mass is 764 g/mol. The lowest BCUT2D eigenvalue weighted by Gasteiger charge is -2.31. The van der Waals surface area contributed by atoms with Gasteiger partial charge in [-0.3, -0.25) is 0 Å². The van der Waals surface area contributed by atoms with Gasteiger partial charge in [0.25, 0.3) is 0 Å². The quantitative estimate of drug-likeness (QED) is 0.142. The fourth-order valence-electron chi connectivity index (χ4n) is 8.77. The van der Waals surface area contributed by atoms with Gasteiger partial charge in [0.2, 0.25) is 0 Å². The Morgan fingerprint density at radius 2 is 0.617 bits per heavy atom. The van der Waals surface area contributed by atoms with Crippen molar-refractivity contribution in [3.63, 3.8) is 0 Å². The number of rotatable bonds is 8. The van der Waals surface area contributed by atoms with E-state index in [9.17, 15) is 0 Å². The first-order valence-electron chi connectivity index (χ1n) is 20.6. The van der Waals surface area contributed by atoms with Crippen LogP contribution in [0.4, 0.5) is 34.1 Å². The highest BCUT2D eigenvalue weighted by atomic mass is 15.2. The topological polar surface area (TPSA) is 6.48 Å². The molecule has 0 spiro atoms. The van der Waals surface area contributed by atoms with Crippen molar-refractivity contribution in [2.24, 2.45) is 0 Å². The minimum Gasteiger partial charge on any atom is -0.310 e. The average molecular weight is 765 g/mol. The Kier molecular flexibility index (Phi) is 8.87. The fourth-order valence-corrected chi connectivity index (χ4v) is 8.77.